The third-order valence-corrected chi connectivity index (χ3v) is 4.93. The van der Waals surface area contributed by atoms with Gasteiger partial charge in [0.25, 0.3) is 5.91 Å². The second-order valence-corrected chi connectivity index (χ2v) is 6.63. The number of carbonyl (C=O) groups excluding carboxylic acids is 1. The molecule has 1 aliphatic heterocycles. The Morgan fingerprint density at radius 2 is 2.22 bits per heavy atom. The van der Waals surface area contributed by atoms with Gasteiger partial charge in [-0.2, -0.15) is 15.4 Å². The van der Waals surface area contributed by atoms with E-state index in [0.29, 0.717) is 18.7 Å². The van der Waals surface area contributed by atoms with Crippen LogP contribution in [0.25, 0.3) is 0 Å². The van der Waals surface area contributed by atoms with E-state index in [2.05, 4.69) is 15.4 Å². The number of sulfone groups is 1. The highest BCUT2D eigenvalue weighted by atomic mass is 32.2. The first-order valence-electron chi connectivity index (χ1n) is 5.83. The Morgan fingerprint density at radius 1 is 1.50 bits per heavy atom. The summed E-state index contributed by atoms with van der Waals surface area (Å²) in [6, 6.07) is -0.247. The van der Waals surface area contributed by atoms with Gasteiger partial charge in [-0.3, -0.25) is 4.79 Å². The first-order chi connectivity index (χ1) is 8.44. The smallest absolute Gasteiger partial charge is 0.276 e. The number of rotatable bonds is 3. The van der Waals surface area contributed by atoms with E-state index in [9.17, 15) is 13.2 Å². The number of amides is 1. The maximum Gasteiger partial charge on any atom is 0.276 e. The maximum absolute atomic E-state index is 12.3. The van der Waals surface area contributed by atoms with Crippen molar-refractivity contribution < 1.29 is 13.2 Å². The largest absolute Gasteiger partial charge is 0.333 e. The molecule has 1 fully saturated rings. The van der Waals surface area contributed by atoms with Crippen LogP contribution in [-0.2, 0) is 9.84 Å². The Morgan fingerprint density at radius 3 is 2.67 bits per heavy atom. The van der Waals surface area contributed by atoms with Crippen LogP contribution in [0.5, 0.6) is 0 Å². The topological polar surface area (TPSA) is 96.0 Å². The molecular formula is C10H16N4O3S. The molecule has 0 spiro atoms. The first-order valence-corrected chi connectivity index (χ1v) is 7.65. The molecule has 1 amide bonds. The second kappa shape index (κ2) is 4.68. The summed E-state index contributed by atoms with van der Waals surface area (Å²) in [5.41, 5.74) is 0.792. The predicted molar refractivity (Wildman–Crippen MR) is 64.9 cm³/mol. The monoisotopic (exact) mass is 272 g/mol. The Bertz CT molecular complexity index is 551. The van der Waals surface area contributed by atoms with Gasteiger partial charge < -0.3 is 4.90 Å². The van der Waals surface area contributed by atoms with E-state index in [1.54, 1.807) is 11.8 Å². The van der Waals surface area contributed by atoms with Crippen molar-refractivity contribution in [1.82, 2.24) is 20.3 Å². The Hall–Kier alpha value is -1.44. The molecule has 0 radical (unpaired) electrons. The summed E-state index contributed by atoms with van der Waals surface area (Å²) in [7, 11) is -3.00. The summed E-state index contributed by atoms with van der Waals surface area (Å²) >= 11 is 0. The molecule has 1 aliphatic rings. The molecule has 2 heterocycles. The van der Waals surface area contributed by atoms with Crippen molar-refractivity contribution >= 4 is 15.7 Å². The summed E-state index contributed by atoms with van der Waals surface area (Å²) in [6.07, 6.45) is 0.499. The zero-order valence-electron chi connectivity index (χ0n) is 10.4. The zero-order valence-corrected chi connectivity index (χ0v) is 11.2. The molecule has 0 aromatic carbocycles. The van der Waals surface area contributed by atoms with Crippen molar-refractivity contribution in [2.24, 2.45) is 0 Å². The van der Waals surface area contributed by atoms with Gasteiger partial charge in [0.1, 0.15) is 0 Å². The molecule has 0 saturated carbocycles. The summed E-state index contributed by atoms with van der Waals surface area (Å²) in [5.74, 6) is -0.0613. The highest BCUT2D eigenvalue weighted by Crippen LogP contribution is 2.19. The lowest BCUT2D eigenvalue weighted by Crippen LogP contribution is -2.41. The Kier molecular flexibility index (Phi) is 3.38. The van der Waals surface area contributed by atoms with E-state index in [4.69, 9.17) is 0 Å². The minimum Gasteiger partial charge on any atom is -0.333 e. The normalized spacial score (nSPS) is 22.0. The van der Waals surface area contributed by atoms with Gasteiger partial charge in [0.05, 0.1) is 17.2 Å². The minimum atomic E-state index is -3.00. The van der Waals surface area contributed by atoms with Gasteiger partial charge in [-0.15, -0.1) is 0 Å². The zero-order chi connectivity index (χ0) is 13.3. The van der Waals surface area contributed by atoms with Crippen LogP contribution in [0, 0.1) is 6.92 Å². The summed E-state index contributed by atoms with van der Waals surface area (Å²) in [4.78, 5) is 13.8. The molecule has 100 valence electrons. The predicted octanol–water partition coefficient (Wildman–Crippen LogP) is -0.238. The van der Waals surface area contributed by atoms with Crippen LogP contribution in [0.1, 0.15) is 29.5 Å². The first kappa shape index (κ1) is 13.0. The molecule has 2 rings (SSSR count). The van der Waals surface area contributed by atoms with Crippen molar-refractivity contribution in [2.75, 3.05) is 18.1 Å². The molecular weight excluding hydrogens is 256 g/mol. The van der Waals surface area contributed by atoms with E-state index in [0.717, 1.165) is 0 Å². The summed E-state index contributed by atoms with van der Waals surface area (Å²) in [5, 5.41) is 10.0. The lowest BCUT2D eigenvalue weighted by Gasteiger charge is -2.26. The van der Waals surface area contributed by atoms with E-state index in [-0.39, 0.29) is 29.1 Å². The lowest BCUT2D eigenvalue weighted by atomic mass is 10.2. The van der Waals surface area contributed by atoms with Gasteiger partial charge in [0, 0.05) is 12.6 Å². The Balaban J connectivity index is 2.20. The Labute approximate surface area is 105 Å². The number of carbonyl (C=O) groups is 1. The number of aryl methyl sites for hydroxylation is 1. The van der Waals surface area contributed by atoms with Crippen LogP contribution < -0.4 is 0 Å². The number of nitrogens with one attached hydrogen (secondary N) is 1. The molecule has 0 aliphatic carbocycles. The van der Waals surface area contributed by atoms with E-state index in [1.807, 2.05) is 6.92 Å². The highest BCUT2D eigenvalue weighted by Gasteiger charge is 2.35. The summed E-state index contributed by atoms with van der Waals surface area (Å²) in [6.45, 7) is 3.99. The molecule has 1 aromatic heterocycles. The molecule has 0 bridgehead atoms. The van der Waals surface area contributed by atoms with Crippen LogP contribution in [0.15, 0.2) is 0 Å². The fourth-order valence-electron chi connectivity index (χ4n) is 2.21. The van der Waals surface area contributed by atoms with E-state index >= 15 is 0 Å². The minimum absolute atomic E-state index is 0.0451. The molecule has 1 aromatic rings. The summed E-state index contributed by atoms with van der Waals surface area (Å²) < 4.78 is 22.9. The van der Waals surface area contributed by atoms with Gasteiger partial charge in [-0.25, -0.2) is 8.42 Å². The van der Waals surface area contributed by atoms with Crippen LogP contribution in [0.2, 0.25) is 0 Å². The van der Waals surface area contributed by atoms with Crippen molar-refractivity contribution in [1.29, 1.82) is 0 Å². The molecule has 1 saturated heterocycles. The van der Waals surface area contributed by atoms with Gasteiger partial charge in [-0.05, 0) is 20.3 Å². The van der Waals surface area contributed by atoms with E-state index < -0.39 is 9.84 Å². The number of aromatic amines is 1. The standard InChI is InChI=1S/C10H16N4O3S/c1-3-14(8-4-5-18(16,17)6-8)10(15)9-7(2)11-13-12-9/h8H,3-6H2,1-2H3,(H,11,12,13). The SMILES string of the molecule is CCN(C(=O)c1n[nH]nc1C)C1CCS(=O)(=O)C1. The van der Waals surface area contributed by atoms with Crippen molar-refractivity contribution in [3.05, 3.63) is 11.4 Å². The highest BCUT2D eigenvalue weighted by molar-refractivity contribution is 7.91. The van der Waals surface area contributed by atoms with Crippen molar-refractivity contribution in [3.63, 3.8) is 0 Å². The number of hydrogen-bond acceptors (Lipinski definition) is 5. The van der Waals surface area contributed by atoms with Crippen LogP contribution in [-0.4, -0.2) is 58.7 Å². The average molecular weight is 272 g/mol. The van der Waals surface area contributed by atoms with Gasteiger partial charge in [-0.1, -0.05) is 0 Å². The quantitative estimate of drug-likeness (QED) is 0.819. The molecule has 8 heteroatoms. The third-order valence-electron chi connectivity index (χ3n) is 3.18. The number of nitrogens with zero attached hydrogens (tertiary/aromatic N) is 3. The van der Waals surface area contributed by atoms with Gasteiger partial charge in [0.15, 0.2) is 15.5 Å². The third kappa shape index (κ3) is 2.38. The fraction of sp³-hybridized carbons (Fsp3) is 0.700. The van der Waals surface area contributed by atoms with Crippen molar-refractivity contribution in [3.8, 4) is 0 Å². The number of hydrogen-bond donors (Lipinski definition) is 1. The maximum atomic E-state index is 12.3. The van der Waals surface area contributed by atoms with Crippen molar-refractivity contribution in [2.45, 2.75) is 26.3 Å². The molecule has 1 N–H and O–H groups in total. The lowest BCUT2D eigenvalue weighted by molar-refractivity contribution is 0.0701. The molecule has 1 unspecified atom stereocenters. The van der Waals surface area contributed by atoms with Crippen LogP contribution >= 0.6 is 0 Å². The second-order valence-electron chi connectivity index (χ2n) is 4.41. The number of H-pyrrole nitrogens is 1. The fourth-order valence-corrected chi connectivity index (χ4v) is 3.94. The van der Waals surface area contributed by atoms with E-state index in [1.165, 1.54) is 0 Å². The number of aromatic nitrogens is 3. The average Bonchev–Trinajstić information content (AvgIpc) is 2.86. The molecule has 18 heavy (non-hydrogen) atoms. The molecule has 1 atom stereocenters. The molecule has 7 nitrogen and oxygen atoms in total. The van der Waals surface area contributed by atoms with Gasteiger partial charge in [0.2, 0.25) is 0 Å². The van der Waals surface area contributed by atoms with Gasteiger partial charge >= 0.3 is 0 Å². The van der Waals surface area contributed by atoms with Crippen LogP contribution in [0.4, 0.5) is 0 Å². The van der Waals surface area contributed by atoms with Crippen LogP contribution in [0.3, 0.4) is 0 Å².